The number of nitrogens with zero attached hydrogens (tertiary/aromatic N) is 5. The van der Waals surface area contributed by atoms with Crippen LogP contribution < -0.4 is 4.90 Å². The molecule has 0 N–H and O–H groups in total. The number of carbonyl (C=O) groups excluding carboxylic acids is 1. The maximum atomic E-state index is 12.4. The zero-order valence-electron chi connectivity index (χ0n) is 13.1. The van der Waals surface area contributed by atoms with Crippen molar-refractivity contribution in [1.29, 1.82) is 0 Å². The Hall–Kier alpha value is -2.67. The SMILES string of the molecule is O=C(c1cccs1)N1CCN(c2ccc(-n3cnnc3)cc2)CC1. The van der Waals surface area contributed by atoms with Crippen LogP contribution >= 0.6 is 11.3 Å². The second-order valence-corrected chi connectivity index (χ2v) is 6.59. The van der Waals surface area contributed by atoms with Gasteiger partial charge in [0.2, 0.25) is 0 Å². The van der Waals surface area contributed by atoms with E-state index in [1.54, 1.807) is 12.7 Å². The Morgan fingerprint density at radius 2 is 1.58 bits per heavy atom. The minimum Gasteiger partial charge on any atom is -0.368 e. The van der Waals surface area contributed by atoms with Crippen LogP contribution in [0.2, 0.25) is 0 Å². The van der Waals surface area contributed by atoms with Crippen molar-refractivity contribution in [2.45, 2.75) is 0 Å². The van der Waals surface area contributed by atoms with E-state index >= 15 is 0 Å². The molecule has 1 aliphatic heterocycles. The third-order valence-corrected chi connectivity index (χ3v) is 5.09. The van der Waals surface area contributed by atoms with Crippen molar-refractivity contribution >= 4 is 22.9 Å². The average Bonchev–Trinajstić information content (AvgIpc) is 3.35. The number of benzene rings is 1. The third-order valence-electron chi connectivity index (χ3n) is 4.23. The molecule has 0 aliphatic carbocycles. The number of thiophene rings is 1. The van der Waals surface area contributed by atoms with Gasteiger partial charge in [-0.25, -0.2) is 0 Å². The monoisotopic (exact) mass is 339 g/mol. The summed E-state index contributed by atoms with van der Waals surface area (Å²) in [4.78, 5) is 17.5. The van der Waals surface area contributed by atoms with E-state index in [1.807, 2.05) is 27.0 Å². The van der Waals surface area contributed by atoms with Gasteiger partial charge < -0.3 is 9.80 Å². The summed E-state index contributed by atoms with van der Waals surface area (Å²) in [6, 6.07) is 12.1. The van der Waals surface area contributed by atoms with Gasteiger partial charge in [-0.2, -0.15) is 0 Å². The first kappa shape index (κ1) is 14.9. The molecule has 1 aliphatic rings. The largest absolute Gasteiger partial charge is 0.368 e. The maximum Gasteiger partial charge on any atom is 0.264 e. The van der Waals surface area contributed by atoms with E-state index in [9.17, 15) is 4.79 Å². The zero-order chi connectivity index (χ0) is 16.4. The molecule has 3 aromatic rings. The Labute approximate surface area is 144 Å². The van der Waals surface area contributed by atoms with Gasteiger partial charge in [0.25, 0.3) is 5.91 Å². The van der Waals surface area contributed by atoms with Crippen LogP contribution in [0.15, 0.2) is 54.4 Å². The topological polar surface area (TPSA) is 54.3 Å². The molecule has 0 saturated carbocycles. The minimum atomic E-state index is 0.146. The van der Waals surface area contributed by atoms with E-state index < -0.39 is 0 Å². The summed E-state index contributed by atoms with van der Waals surface area (Å²) in [6.07, 6.45) is 3.37. The number of aromatic nitrogens is 3. The van der Waals surface area contributed by atoms with E-state index in [1.165, 1.54) is 17.0 Å². The molecule has 122 valence electrons. The number of rotatable bonds is 3. The Bertz CT molecular complexity index is 790. The minimum absolute atomic E-state index is 0.146. The lowest BCUT2D eigenvalue weighted by molar-refractivity contribution is 0.0751. The quantitative estimate of drug-likeness (QED) is 0.735. The summed E-state index contributed by atoms with van der Waals surface area (Å²) in [5, 5.41) is 9.59. The Morgan fingerprint density at radius 1 is 0.917 bits per heavy atom. The van der Waals surface area contributed by atoms with Crippen molar-refractivity contribution in [2.75, 3.05) is 31.1 Å². The lowest BCUT2D eigenvalue weighted by Gasteiger charge is -2.36. The maximum absolute atomic E-state index is 12.4. The molecule has 4 rings (SSSR count). The Morgan fingerprint density at radius 3 is 2.21 bits per heavy atom. The number of carbonyl (C=O) groups is 1. The van der Waals surface area contributed by atoms with Gasteiger partial charge in [-0.15, -0.1) is 21.5 Å². The summed E-state index contributed by atoms with van der Waals surface area (Å²) in [5.74, 6) is 0.146. The van der Waals surface area contributed by atoms with Crippen LogP contribution in [0.5, 0.6) is 0 Å². The molecule has 0 spiro atoms. The molecule has 1 fully saturated rings. The van der Waals surface area contributed by atoms with Crippen LogP contribution in [-0.4, -0.2) is 51.8 Å². The molecule has 0 radical (unpaired) electrons. The van der Waals surface area contributed by atoms with Crippen LogP contribution in [0.3, 0.4) is 0 Å². The fraction of sp³-hybridized carbons (Fsp3) is 0.235. The summed E-state index contributed by atoms with van der Waals surface area (Å²) < 4.78 is 1.88. The van der Waals surface area contributed by atoms with Crippen LogP contribution in [0, 0.1) is 0 Å². The fourth-order valence-corrected chi connectivity index (χ4v) is 3.58. The van der Waals surface area contributed by atoms with Crippen molar-refractivity contribution < 1.29 is 4.79 Å². The zero-order valence-corrected chi connectivity index (χ0v) is 13.9. The van der Waals surface area contributed by atoms with Crippen molar-refractivity contribution in [1.82, 2.24) is 19.7 Å². The van der Waals surface area contributed by atoms with Crippen molar-refractivity contribution in [3.8, 4) is 5.69 Å². The Kier molecular flexibility index (Phi) is 4.00. The first-order valence-electron chi connectivity index (χ1n) is 7.84. The third kappa shape index (κ3) is 2.90. The van der Waals surface area contributed by atoms with Gasteiger partial charge in [-0.1, -0.05) is 6.07 Å². The van der Waals surface area contributed by atoms with Gasteiger partial charge in [-0.05, 0) is 35.7 Å². The average molecular weight is 339 g/mol. The highest BCUT2D eigenvalue weighted by atomic mass is 32.1. The molecule has 0 bridgehead atoms. The molecule has 6 nitrogen and oxygen atoms in total. The smallest absolute Gasteiger partial charge is 0.264 e. The molecule has 1 amide bonds. The van der Waals surface area contributed by atoms with Gasteiger partial charge in [0.15, 0.2) is 0 Å². The van der Waals surface area contributed by atoms with Crippen LogP contribution in [-0.2, 0) is 0 Å². The molecule has 0 atom stereocenters. The molecule has 1 aromatic carbocycles. The predicted molar refractivity (Wildman–Crippen MR) is 93.8 cm³/mol. The first-order chi connectivity index (χ1) is 11.8. The molecule has 1 saturated heterocycles. The second-order valence-electron chi connectivity index (χ2n) is 5.64. The summed E-state index contributed by atoms with van der Waals surface area (Å²) in [6.45, 7) is 3.21. The number of hydrogen-bond donors (Lipinski definition) is 0. The molecule has 7 heteroatoms. The number of piperazine rings is 1. The summed E-state index contributed by atoms with van der Waals surface area (Å²) in [7, 11) is 0. The van der Waals surface area contributed by atoms with Gasteiger partial charge in [-0.3, -0.25) is 9.36 Å². The first-order valence-corrected chi connectivity index (χ1v) is 8.72. The van der Waals surface area contributed by atoms with Crippen molar-refractivity contribution in [3.05, 3.63) is 59.3 Å². The Balaban J connectivity index is 1.40. The molecule has 24 heavy (non-hydrogen) atoms. The molecular weight excluding hydrogens is 322 g/mol. The van der Waals surface area contributed by atoms with E-state index in [4.69, 9.17) is 0 Å². The summed E-state index contributed by atoms with van der Waals surface area (Å²) >= 11 is 1.50. The van der Waals surface area contributed by atoms with Crippen LogP contribution in [0.1, 0.15) is 9.67 Å². The lowest BCUT2D eigenvalue weighted by atomic mass is 10.2. The molecule has 2 aromatic heterocycles. The number of amides is 1. The van der Waals surface area contributed by atoms with Gasteiger partial charge >= 0.3 is 0 Å². The number of hydrogen-bond acceptors (Lipinski definition) is 5. The molecule has 0 unspecified atom stereocenters. The van der Waals surface area contributed by atoms with Gasteiger partial charge in [0, 0.05) is 37.6 Å². The van der Waals surface area contributed by atoms with Crippen LogP contribution in [0.25, 0.3) is 5.69 Å². The highest BCUT2D eigenvalue weighted by Crippen LogP contribution is 2.20. The lowest BCUT2D eigenvalue weighted by Crippen LogP contribution is -2.48. The fourth-order valence-electron chi connectivity index (χ4n) is 2.89. The van der Waals surface area contributed by atoms with E-state index in [0.29, 0.717) is 0 Å². The van der Waals surface area contributed by atoms with E-state index in [2.05, 4.69) is 39.4 Å². The predicted octanol–water partition coefficient (Wildman–Crippen LogP) is 2.29. The van der Waals surface area contributed by atoms with Crippen LogP contribution in [0.4, 0.5) is 5.69 Å². The number of anilines is 1. The second kappa shape index (κ2) is 6.45. The normalized spacial score (nSPS) is 14.8. The van der Waals surface area contributed by atoms with E-state index in [0.717, 1.165) is 36.7 Å². The highest BCUT2D eigenvalue weighted by molar-refractivity contribution is 7.12. The molecular formula is C17H17N5OS. The van der Waals surface area contributed by atoms with E-state index in [-0.39, 0.29) is 5.91 Å². The summed E-state index contributed by atoms with van der Waals surface area (Å²) in [5.41, 5.74) is 2.21. The van der Waals surface area contributed by atoms with Gasteiger partial charge in [0.1, 0.15) is 12.7 Å². The van der Waals surface area contributed by atoms with Crippen molar-refractivity contribution in [2.24, 2.45) is 0 Å². The van der Waals surface area contributed by atoms with Gasteiger partial charge in [0.05, 0.1) is 4.88 Å². The highest BCUT2D eigenvalue weighted by Gasteiger charge is 2.22. The molecule has 3 heterocycles. The van der Waals surface area contributed by atoms with Crippen molar-refractivity contribution in [3.63, 3.8) is 0 Å². The standard InChI is InChI=1S/C17H17N5OS/c23-17(16-2-1-11-24-16)21-9-7-20(8-10-21)14-3-5-15(6-4-14)22-12-18-19-13-22/h1-6,11-13H,7-10H2.